The summed E-state index contributed by atoms with van der Waals surface area (Å²) in [7, 11) is -0.755. The Morgan fingerprint density at radius 3 is 2.59 bits per heavy atom. The molecule has 1 atom stereocenters. The monoisotopic (exact) mass is 324 g/mol. The highest BCUT2D eigenvalue weighted by molar-refractivity contribution is 7.89. The van der Waals surface area contributed by atoms with Gasteiger partial charge in [0.15, 0.2) is 0 Å². The van der Waals surface area contributed by atoms with E-state index in [2.05, 4.69) is 6.58 Å². The van der Waals surface area contributed by atoms with Gasteiger partial charge in [0.1, 0.15) is 11.8 Å². The van der Waals surface area contributed by atoms with Gasteiger partial charge in [0.25, 0.3) is 0 Å². The molecule has 0 aliphatic carbocycles. The van der Waals surface area contributed by atoms with Crippen molar-refractivity contribution in [3.8, 4) is 5.75 Å². The number of ether oxygens (including phenoxy) is 1. The van der Waals surface area contributed by atoms with Gasteiger partial charge < -0.3 is 9.64 Å². The maximum atomic E-state index is 12.6. The number of rotatable bonds is 6. The number of likely N-dealkylation sites (tertiary alicyclic amines) is 1. The molecule has 0 bridgehead atoms. The minimum Gasteiger partial charge on any atom is -0.497 e. The summed E-state index contributed by atoms with van der Waals surface area (Å²) in [6, 6.07) is 5.46. The van der Waals surface area contributed by atoms with Crippen LogP contribution in [0.1, 0.15) is 6.42 Å². The minimum atomic E-state index is -3.71. The normalized spacial score (nSPS) is 18.8. The van der Waals surface area contributed by atoms with Gasteiger partial charge in [-0.05, 0) is 30.7 Å². The molecule has 1 heterocycles. The van der Waals surface area contributed by atoms with E-state index in [4.69, 9.17) is 4.74 Å². The minimum absolute atomic E-state index is 0.144. The Morgan fingerprint density at radius 1 is 1.41 bits per heavy atom. The summed E-state index contributed by atoms with van der Waals surface area (Å²) in [6.07, 6.45) is 2.12. The molecule has 0 radical (unpaired) electrons. The summed E-state index contributed by atoms with van der Waals surface area (Å²) in [5.74, 6) is 0.398. The first kappa shape index (κ1) is 16.5. The smallest absolute Gasteiger partial charge is 0.243 e. The molecule has 6 nitrogen and oxygen atoms in total. The van der Waals surface area contributed by atoms with Crippen molar-refractivity contribution < 1.29 is 17.9 Å². The molecule has 0 N–H and O–H groups in total. The number of methoxy groups -OCH3 is 1. The third-order valence-electron chi connectivity index (χ3n) is 3.79. The second-order valence-corrected chi connectivity index (χ2v) is 7.07. The van der Waals surface area contributed by atoms with Gasteiger partial charge in [-0.2, -0.15) is 4.31 Å². The maximum absolute atomic E-state index is 12.6. The van der Waals surface area contributed by atoms with E-state index in [1.54, 1.807) is 23.1 Å². The number of sulfonamides is 1. The molecule has 1 aromatic rings. The molecule has 1 amide bonds. The fraction of sp³-hybridized carbons (Fsp3) is 0.400. The third-order valence-corrected chi connectivity index (χ3v) is 5.67. The predicted molar refractivity (Wildman–Crippen MR) is 83.1 cm³/mol. The summed E-state index contributed by atoms with van der Waals surface area (Å²) < 4.78 is 31.4. The summed E-state index contributed by atoms with van der Waals surface area (Å²) >= 11 is 0. The average Bonchev–Trinajstić information content (AvgIpc) is 2.88. The Kier molecular flexibility index (Phi) is 4.87. The van der Waals surface area contributed by atoms with Crippen molar-refractivity contribution in [3.63, 3.8) is 0 Å². The lowest BCUT2D eigenvalue weighted by molar-refractivity contribution is -0.130. The first-order chi connectivity index (χ1) is 10.4. The second-order valence-electron chi connectivity index (χ2n) is 5.07. The molecule has 1 aliphatic heterocycles. The zero-order chi connectivity index (χ0) is 16.3. The van der Waals surface area contributed by atoms with Crippen LogP contribution >= 0.6 is 0 Å². The number of hydrogen-bond acceptors (Lipinski definition) is 4. The molecule has 1 aromatic carbocycles. The number of amides is 1. The molecular formula is C15H20N2O4S. The molecule has 2 rings (SSSR count). The molecule has 1 saturated heterocycles. The van der Waals surface area contributed by atoms with Crippen LogP contribution in [0.2, 0.25) is 0 Å². The van der Waals surface area contributed by atoms with Crippen molar-refractivity contribution in [1.82, 2.24) is 9.21 Å². The van der Waals surface area contributed by atoms with E-state index in [-0.39, 0.29) is 10.8 Å². The molecule has 7 heteroatoms. The molecule has 0 saturated carbocycles. The van der Waals surface area contributed by atoms with Crippen LogP contribution in [0.4, 0.5) is 0 Å². The van der Waals surface area contributed by atoms with Crippen LogP contribution in [-0.2, 0) is 14.8 Å². The van der Waals surface area contributed by atoms with Crippen LogP contribution in [0.15, 0.2) is 41.8 Å². The SMILES string of the molecule is C=CCN1CC[C@@H](N(C)S(=O)(=O)c2ccc(OC)cc2)C1=O. The number of benzene rings is 1. The Hall–Kier alpha value is -1.86. The molecule has 0 aromatic heterocycles. The average molecular weight is 324 g/mol. The molecule has 0 spiro atoms. The van der Waals surface area contributed by atoms with Gasteiger partial charge in [0.05, 0.1) is 12.0 Å². The van der Waals surface area contributed by atoms with Crippen molar-refractivity contribution in [1.29, 1.82) is 0 Å². The van der Waals surface area contributed by atoms with Crippen molar-refractivity contribution in [2.75, 3.05) is 27.2 Å². The quantitative estimate of drug-likeness (QED) is 0.735. The lowest BCUT2D eigenvalue weighted by atomic mass is 10.2. The summed E-state index contributed by atoms with van der Waals surface area (Å²) in [5, 5.41) is 0. The van der Waals surface area contributed by atoms with Gasteiger partial charge >= 0.3 is 0 Å². The van der Waals surface area contributed by atoms with Crippen molar-refractivity contribution in [3.05, 3.63) is 36.9 Å². The lowest BCUT2D eigenvalue weighted by Gasteiger charge is -2.23. The summed E-state index contributed by atoms with van der Waals surface area (Å²) in [5.41, 5.74) is 0. The fourth-order valence-corrected chi connectivity index (χ4v) is 3.82. The van der Waals surface area contributed by atoms with Crippen LogP contribution in [0, 0.1) is 0 Å². The number of carbonyl (C=O) groups excluding carboxylic acids is 1. The topological polar surface area (TPSA) is 66.9 Å². The van der Waals surface area contributed by atoms with Gasteiger partial charge in [0, 0.05) is 20.1 Å². The molecule has 1 fully saturated rings. The first-order valence-corrected chi connectivity index (χ1v) is 8.37. The van der Waals surface area contributed by atoms with Crippen LogP contribution in [-0.4, -0.2) is 56.8 Å². The van der Waals surface area contributed by atoms with E-state index in [1.165, 1.54) is 26.3 Å². The Labute approximate surface area is 131 Å². The van der Waals surface area contributed by atoms with E-state index in [0.29, 0.717) is 25.3 Å². The van der Waals surface area contributed by atoms with Gasteiger partial charge in [-0.25, -0.2) is 8.42 Å². The van der Waals surface area contributed by atoms with Crippen molar-refractivity contribution >= 4 is 15.9 Å². The summed E-state index contributed by atoms with van der Waals surface area (Å²) in [6.45, 7) is 4.58. The largest absolute Gasteiger partial charge is 0.497 e. The molecule has 22 heavy (non-hydrogen) atoms. The zero-order valence-corrected chi connectivity index (χ0v) is 13.5. The van der Waals surface area contributed by atoms with E-state index in [0.717, 1.165) is 4.31 Å². The first-order valence-electron chi connectivity index (χ1n) is 6.93. The van der Waals surface area contributed by atoms with E-state index in [1.807, 2.05) is 0 Å². The van der Waals surface area contributed by atoms with Crippen LogP contribution in [0.25, 0.3) is 0 Å². The van der Waals surface area contributed by atoms with Crippen LogP contribution in [0.3, 0.4) is 0 Å². The fourth-order valence-electron chi connectivity index (χ4n) is 2.48. The van der Waals surface area contributed by atoms with Gasteiger partial charge in [-0.15, -0.1) is 6.58 Å². The molecule has 0 unspecified atom stereocenters. The van der Waals surface area contributed by atoms with Crippen LogP contribution in [0.5, 0.6) is 5.75 Å². The Morgan fingerprint density at radius 2 is 2.05 bits per heavy atom. The number of carbonyl (C=O) groups is 1. The molecule has 1 aliphatic rings. The van der Waals surface area contributed by atoms with Gasteiger partial charge in [-0.3, -0.25) is 4.79 Å². The van der Waals surface area contributed by atoms with E-state index >= 15 is 0 Å². The lowest BCUT2D eigenvalue weighted by Crippen LogP contribution is -2.42. The van der Waals surface area contributed by atoms with Crippen molar-refractivity contribution in [2.45, 2.75) is 17.4 Å². The predicted octanol–water partition coefficient (Wildman–Crippen LogP) is 1.10. The second kappa shape index (κ2) is 6.50. The standard InChI is InChI=1S/C15H20N2O4S/c1-4-10-17-11-9-14(15(17)18)16(2)22(19,20)13-7-5-12(21-3)6-8-13/h4-8,14H,1,9-11H2,2-3H3/t14-/m1/s1. The van der Waals surface area contributed by atoms with E-state index < -0.39 is 16.1 Å². The zero-order valence-electron chi connectivity index (χ0n) is 12.7. The number of likely N-dealkylation sites (N-methyl/N-ethyl adjacent to an activating group) is 1. The highest BCUT2D eigenvalue weighted by Gasteiger charge is 2.39. The van der Waals surface area contributed by atoms with Crippen molar-refractivity contribution in [2.24, 2.45) is 0 Å². The van der Waals surface area contributed by atoms with Gasteiger partial charge in [0.2, 0.25) is 15.9 Å². The maximum Gasteiger partial charge on any atom is 0.243 e. The Bertz CT molecular complexity index is 655. The number of hydrogen-bond donors (Lipinski definition) is 0. The summed E-state index contributed by atoms with van der Waals surface area (Å²) in [4.78, 5) is 14.0. The van der Waals surface area contributed by atoms with Gasteiger partial charge in [-0.1, -0.05) is 6.08 Å². The highest BCUT2D eigenvalue weighted by Crippen LogP contribution is 2.24. The third kappa shape index (κ3) is 3.00. The number of nitrogens with zero attached hydrogens (tertiary/aromatic N) is 2. The highest BCUT2D eigenvalue weighted by atomic mass is 32.2. The molecule has 120 valence electrons. The van der Waals surface area contributed by atoms with Crippen LogP contribution < -0.4 is 4.74 Å². The molecular weight excluding hydrogens is 304 g/mol. The van der Waals surface area contributed by atoms with E-state index in [9.17, 15) is 13.2 Å². The Balaban J connectivity index is 2.21.